The third-order valence-electron chi connectivity index (χ3n) is 0.777. The van der Waals surface area contributed by atoms with Crippen LogP contribution in [0, 0.1) is 0 Å². The molecular weight excluding hydrogens is 144 g/mol. The second-order valence-electron chi connectivity index (χ2n) is 1.73. The lowest BCUT2D eigenvalue weighted by atomic mass is 10.9. The van der Waals surface area contributed by atoms with E-state index < -0.39 is 5.97 Å². The van der Waals surface area contributed by atoms with Gasteiger partial charge in [-0.2, -0.15) is 0 Å². The number of carbonyl (C=O) groups excluding carboxylic acids is 1. The maximum Gasteiger partial charge on any atom is 0.246 e. The molecule has 0 aliphatic carbocycles. The summed E-state index contributed by atoms with van der Waals surface area (Å²) in [5.74, 6) is -1.08. The maximum atomic E-state index is 8.89. The number of hydrogen-bond donors (Lipinski definition) is 1. The first-order chi connectivity index (χ1) is 5.16. The van der Waals surface area contributed by atoms with Gasteiger partial charge in [-0.15, -0.1) is 0 Å². The minimum absolute atomic E-state index is 0.972. The molecule has 0 saturated carbocycles. The molecule has 4 nitrogen and oxygen atoms in total. The molecule has 0 atom stereocenters. The van der Waals surface area contributed by atoms with Gasteiger partial charge in [0.25, 0.3) is 0 Å². The number of aliphatic carboxylic acids is 1. The van der Waals surface area contributed by atoms with Crippen LogP contribution in [0.15, 0.2) is 25.3 Å². The van der Waals surface area contributed by atoms with E-state index >= 15 is 0 Å². The molecule has 0 unspecified atom stereocenters. The standard InChI is InChI=1S/C5H6N2.C2H4O2/c1-2-7-4-3-6-5-7;1-2(3)4/h2-5H,1H2;1H3,(H,3,4). The first-order valence-electron chi connectivity index (χ1n) is 3.00. The smallest absolute Gasteiger partial charge is 0.246 e. The molecule has 0 aliphatic heterocycles. The van der Waals surface area contributed by atoms with Crippen LogP contribution in [0.2, 0.25) is 0 Å². The van der Waals surface area contributed by atoms with Gasteiger partial charge in [-0.3, -0.25) is 0 Å². The summed E-state index contributed by atoms with van der Waals surface area (Å²) < 4.78 is 1.83. The van der Waals surface area contributed by atoms with Crippen molar-refractivity contribution in [2.45, 2.75) is 6.92 Å². The number of carbonyl (C=O) groups is 1. The van der Waals surface area contributed by atoms with Gasteiger partial charge in [0.05, 0.1) is 6.20 Å². The van der Waals surface area contributed by atoms with Crippen LogP contribution in [0.1, 0.15) is 6.92 Å². The Hall–Kier alpha value is -1.58. The number of H-pyrrole nitrogens is 1. The minimum Gasteiger partial charge on any atom is -0.550 e. The quantitative estimate of drug-likeness (QED) is 0.536. The van der Waals surface area contributed by atoms with Gasteiger partial charge in [-0.05, 0) is 6.92 Å². The van der Waals surface area contributed by atoms with E-state index in [1.165, 1.54) is 0 Å². The van der Waals surface area contributed by atoms with Crippen molar-refractivity contribution in [1.29, 1.82) is 0 Å². The van der Waals surface area contributed by atoms with Crippen LogP contribution in [0.25, 0.3) is 6.20 Å². The highest BCUT2D eigenvalue weighted by molar-refractivity contribution is 5.60. The number of aromatic nitrogens is 2. The predicted molar refractivity (Wildman–Crippen MR) is 38.1 cm³/mol. The monoisotopic (exact) mass is 154 g/mol. The van der Waals surface area contributed by atoms with E-state index in [2.05, 4.69) is 11.6 Å². The number of nitrogens with zero attached hydrogens (tertiary/aromatic N) is 1. The van der Waals surface area contributed by atoms with Crippen LogP contribution in [-0.4, -0.2) is 11.0 Å². The highest BCUT2D eigenvalue weighted by Crippen LogP contribution is 1.65. The van der Waals surface area contributed by atoms with Crippen LogP contribution >= 0.6 is 0 Å². The zero-order valence-corrected chi connectivity index (χ0v) is 6.28. The van der Waals surface area contributed by atoms with E-state index in [-0.39, 0.29) is 0 Å². The lowest BCUT2D eigenvalue weighted by Crippen LogP contribution is -2.19. The summed E-state index contributed by atoms with van der Waals surface area (Å²) in [6.45, 7) is 4.52. The molecule has 0 amide bonds. The molecule has 0 saturated heterocycles. The molecular formula is C7H10N2O2. The summed E-state index contributed by atoms with van der Waals surface area (Å²) in [5.41, 5.74) is 0. The molecule has 0 bridgehead atoms. The van der Waals surface area contributed by atoms with Crippen molar-refractivity contribution >= 4 is 12.2 Å². The molecule has 0 spiro atoms. The molecule has 11 heavy (non-hydrogen) atoms. The largest absolute Gasteiger partial charge is 0.550 e. The lowest BCUT2D eigenvalue weighted by Gasteiger charge is -1.77. The van der Waals surface area contributed by atoms with Crippen LogP contribution < -0.4 is 9.67 Å². The van der Waals surface area contributed by atoms with E-state index in [1.807, 2.05) is 23.3 Å². The fraction of sp³-hybridized carbons (Fsp3) is 0.143. The molecule has 4 heteroatoms. The highest BCUT2D eigenvalue weighted by Gasteiger charge is 1.82. The fourth-order valence-electron chi connectivity index (χ4n) is 0.415. The van der Waals surface area contributed by atoms with E-state index in [9.17, 15) is 0 Å². The van der Waals surface area contributed by atoms with Gasteiger partial charge in [0, 0.05) is 5.97 Å². The minimum atomic E-state index is -1.08. The van der Waals surface area contributed by atoms with Crippen molar-refractivity contribution < 1.29 is 14.5 Å². The van der Waals surface area contributed by atoms with E-state index in [0.717, 1.165) is 6.92 Å². The summed E-state index contributed by atoms with van der Waals surface area (Å²) in [5, 5.41) is 8.89. The fourth-order valence-corrected chi connectivity index (χ4v) is 0.415. The third-order valence-corrected chi connectivity index (χ3v) is 0.777. The molecule has 1 rings (SSSR count). The second kappa shape index (κ2) is 5.22. The molecule has 60 valence electrons. The van der Waals surface area contributed by atoms with Crippen LogP contribution in [0.3, 0.4) is 0 Å². The predicted octanol–water partition coefficient (Wildman–Crippen LogP) is -0.841. The molecule has 0 aliphatic rings. The topological polar surface area (TPSA) is 59.8 Å². The Balaban J connectivity index is 0.000000218. The van der Waals surface area contributed by atoms with Gasteiger partial charge in [0.2, 0.25) is 6.33 Å². The van der Waals surface area contributed by atoms with Crippen LogP contribution in [0.5, 0.6) is 0 Å². The second-order valence-corrected chi connectivity index (χ2v) is 1.73. The highest BCUT2D eigenvalue weighted by atomic mass is 16.4. The summed E-state index contributed by atoms with van der Waals surface area (Å²) in [6.07, 6.45) is 7.25. The Morgan fingerprint density at radius 3 is 2.55 bits per heavy atom. The number of aromatic amines is 1. The average molecular weight is 154 g/mol. The molecule has 0 radical (unpaired) electrons. The van der Waals surface area contributed by atoms with Crippen LogP contribution in [0.4, 0.5) is 0 Å². The van der Waals surface area contributed by atoms with Gasteiger partial charge in [0.1, 0.15) is 12.4 Å². The molecule has 0 aromatic carbocycles. The summed E-state index contributed by atoms with van der Waals surface area (Å²) in [6, 6.07) is 0. The van der Waals surface area contributed by atoms with Crippen molar-refractivity contribution in [2.75, 3.05) is 0 Å². The number of hydrogen-bond acceptors (Lipinski definition) is 2. The van der Waals surface area contributed by atoms with Crippen molar-refractivity contribution in [3.8, 4) is 0 Å². The van der Waals surface area contributed by atoms with Gasteiger partial charge >= 0.3 is 0 Å². The zero-order chi connectivity index (χ0) is 8.69. The SMILES string of the molecule is C=C[n+]1cc[nH]c1.CC(=O)[O-]. The first kappa shape index (κ1) is 9.42. The zero-order valence-electron chi connectivity index (χ0n) is 6.28. The molecule has 1 heterocycles. The maximum absolute atomic E-state index is 8.89. The van der Waals surface area contributed by atoms with Crippen molar-refractivity contribution in [3.05, 3.63) is 25.3 Å². The van der Waals surface area contributed by atoms with Crippen molar-refractivity contribution in [3.63, 3.8) is 0 Å². The third kappa shape index (κ3) is 6.30. The average Bonchev–Trinajstić information content (AvgIpc) is 2.36. The summed E-state index contributed by atoms with van der Waals surface area (Å²) >= 11 is 0. The molecule has 0 fully saturated rings. The first-order valence-corrected chi connectivity index (χ1v) is 3.00. The Labute approximate surface area is 64.8 Å². The van der Waals surface area contributed by atoms with Gasteiger partial charge in [0.15, 0.2) is 0 Å². The van der Waals surface area contributed by atoms with Gasteiger partial charge in [-0.1, -0.05) is 6.58 Å². The lowest BCUT2D eigenvalue weighted by molar-refractivity contribution is -0.566. The Bertz CT molecular complexity index is 212. The number of imidazole rings is 1. The van der Waals surface area contributed by atoms with Crippen molar-refractivity contribution in [1.82, 2.24) is 4.98 Å². The van der Waals surface area contributed by atoms with E-state index in [0.29, 0.717) is 0 Å². The Kier molecular flexibility index (Phi) is 4.47. The molecule has 1 N–H and O–H groups in total. The number of nitrogens with one attached hydrogen (secondary N) is 1. The number of carboxylic acid groups (broad SMARTS) is 1. The van der Waals surface area contributed by atoms with Crippen LogP contribution in [-0.2, 0) is 4.79 Å². The molecule has 1 aromatic rings. The normalized spacial score (nSPS) is 7.73. The van der Waals surface area contributed by atoms with Gasteiger partial charge < -0.3 is 9.90 Å². The summed E-state index contributed by atoms with van der Waals surface area (Å²) in [4.78, 5) is 11.8. The summed E-state index contributed by atoms with van der Waals surface area (Å²) in [7, 11) is 0. The van der Waals surface area contributed by atoms with Crippen molar-refractivity contribution in [2.24, 2.45) is 0 Å². The van der Waals surface area contributed by atoms with E-state index in [4.69, 9.17) is 9.90 Å². The number of carboxylic acids is 1. The Morgan fingerprint density at radius 1 is 1.82 bits per heavy atom. The van der Waals surface area contributed by atoms with Gasteiger partial charge in [-0.25, -0.2) is 9.55 Å². The Morgan fingerprint density at radius 2 is 2.36 bits per heavy atom. The number of rotatable bonds is 1. The molecule has 1 aromatic heterocycles. The van der Waals surface area contributed by atoms with E-state index in [1.54, 1.807) is 6.20 Å².